The van der Waals surface area contributed by atoms with E-state index in [-0.39, 0.29) is 6.04 Å². The van der Waals surface area contributed by atoms with Crippen LogP contribution in [0.4, 0.5) is 4.39 Å². The number of rotatable bonds is 3. The third-order valence-electron chi connectivity index (χ3n) is 2.90. The second-order valence-electron chi connectivity index (χ2n) is 3.85. The topological polar surface area (TPSA) is 29.3 Å². The highest BCUT2D eigenvalue weighted by molar-refractivity contribution is 6.30. The van der Waals surface area contributed by atoms with Crippen LogP contribution in [0.1, 0.15) is 20.3 Å². The van der Waals surface area contributed by atoms with Crippen LogP contribution in [0.3, 0.4) is 0 Å². The smallest absolute Gasteiger partial charge is 0.112 e. The standard InChI is InChI=1S/C10H18ClFN2/c1-7(12)8(2)14-4-3-9(6-14)10(11)5-13/h7-8H,3-6,13H2,1-2H3. The number of halogens is 2. The van der Waals surface area contributed by atoms with Crippen molar-refractivity contribution >= 4 is 11.6 Å². The van der Waals surface area contributed by atoms with Crippen molar-refractivity contribution in [3.63, 3.8) is 0 Å². The fourth-order valence-electron chi connectivity index (χ4n) is 1.69. The van der Waals surface area contributed by atoms with Crippen molar-refractivity contribution in [2.24, 2.45) is 5.73 Å². The molecule has 2 nitrogen and oxygen atoms in total. The van der Waals surface area contributed by atoms with Crippen LogP contribution in [-0.2, 0) is 0 Å². The molecule has 82 valence electrons. The van der Waals surface area contributed by atoms with E-state index in [0.717, 1.165) is 24.5 Å². The Balaban J connectivity index is 2.57. The Morgan fingerprint density at radius 1 is 1.64 bits per heavy atom. The van der Waals surface area contributed by atoms with Crippen molar-refractivity contribution in [3.8, 4) is 0 Å². The van der Waals surface area contributed by atoms with Gasteiger partial charge >= 0.3 is 0 Å². The van der Waals surface area contributed by atoms with Crippen molar-refractivity contribution in [2.45, 2.75) is 32.5 Å². The van der Waals surface area contributed by atoms with Gasteiger partial charge < -0.3 is 5.73 Å². The van der Waals surface area contributed by atoms with Crippen molar-refractivity contribution in [1.29, 1.82) is 0 Å². The Morgan fingerprint density at radius 3 is 2.79 bits per heavy atom. The molecule has 14 heavy (non-hydrogen) atoms. The average molecular weight is 221 g/mol. The van der Waals surface area contributed by atoms with E-state index in [1.165, 1.54) is 5.57 Å². The van der Waals surface area contributed by atoms with E-state index in [0.29, 0.717) is 6.54 Å². The van der Waals surface area contributed by atoms with E-state index in [4.69, 9.17) is 17.3 Å². The van der Waals surface area contributed by atoms with Crippen LogP contribution in [-0.4, -0.2) is 36.7 Å². The van der Waals surface area contributed by atoms with Gasteiger partial charge in [-0.15, -0.1) is 0 Å². The third kappa shape index (κ3) is 2.69. The van der Waals surface area contributed by atoms with E-state index in [9.17, 15) is 4.39 Å². The van der Waals surface area contributed by atoms with Crippen molar-refractivity contribution in [1.82, 2.24) is 4.90 Å². The molecule has 1 aliphatic heterocycles. The molecule has 0 aromatic carbocycles. The summed E-state index contributed by atoms with van der Waals surface area (Å²) >= 11 is 5.96. The van der Waals surface area contributed by atoms with Crippen molar-refractivity contribution < 1.29 is 4.39 Å². The molecule has 0 bridgehead atoms. The second-order valence-corrected chi connectivity index (χ2v) is 4.31. The first kappa shape index (κ1) is 12.0. The Hall–Kier alpha value is -0.120. The quantitative estimate of drug-likeness (QED) is 0.787. The Morgan fingerprint density at radius 2 is 2.29 bits per heavy atom. The van der Waals surface area contributed by atoms with Gasteiger partial charge in [0, 0.05) is 30.7 Å². The fraction of sp³-hybridized carbons (Fsp3) is 0.800. The maximum absolute atomic E-state index is 13.0. The van der Waals surface area contributed by atoms with Gasteiger partial charge in [0.25, 0.3) is 0 Å². The highest BCUT2D eigenvalue weighted by atomic mass is 35.5. The van der Waals surface area contributed by atoms with E-state index in [1.54, 1.807) is 6.92 Å². The summed E-state index contributed by atoms with van der Waals surface area (Å²) in [5, 5.41) is 0.742. The first-order chi connectivity index (χ1) is 6.56. The first-order valence-corrected chi connectivity index (χ1v) is 5.38. The summed E-state index contributed by atoms with van der Waals surface area (Å²) in [7, 11) is 0. The highest BCUT2D eigenvalue weighted by Gasteiger charge is 2.26. The molecule has 1 heterocycles. The Labute approximate surface area is 89.9 Å². The lowest BCUT2D eigenvalue weighted by Gasteiger charge is -2.24. The monoisotopic (exact) mass is 220 g/mol. The molecule has 0 radical (unpaired) electrons. The Kier molecular flexibility index (Phi) is 4.35. The maximum Gasteiger partial charge on any atom is 0.112 e. The van der Waals surface area contributed by atoms with Gasteiger partial charge in [-0.2, -0.15) is 0 Å². The number of alkyl halides is 1. The van der Waals surface area contributed by atoms with Gasteiger partial charge in [0.05, 0.1) is 0 Å². The maximum atomic E-state index is 13.0. The normalized spacial score (nSPS) is 26.4. The molecule has 0 saturated carbocycles. The summed E-state index contributed by atoms with van der Waals surface area (Å²) in [6.07, 6.45) is 0.124. The van der Waals surface area contributed by atoms with Crippen molar-refractivity contribution in [3.05, 3.63) is 10.6 Å². The molecule has 2 atom stereocenters. The molecule has 1 fully saturated rings. The molecule has 0 aliphatic carbocycles. The lowest BCUT2D eigenvalue weighted by molar-refractivity contribution is 0.161. The van der Waals surface area contributed by atoms with Gasteiger partial charge in [-0.1, -0.05) is 11.6 Å². The molecular weight excluding hydrogens is 203 g/mol. The number of hydrogen-bond donors (Lipinski definition) is 1. The third-order valence-corrected chi connectivity index (χ3v) is 3.32. The summed E-state index contributed by atoms with van der Waals surface area (Å²) in [5.41, 5.74) is 6.62. The first-order valence-electron chi connectivity index (χ1n) is 5.00. The second kappa shape index (κ2) is 5.10. The van der Waals surface area contributed by atoms with Crippen LogP contribution < -0.4 is 5.73 Å². The summed E-state index contributed by atoms with van der Waals surface area (Å²) in [6, 6.07) is -0.0326. The molecule has 0 aromatic rings. The predicted octanol–water partition coefficient (Wildman–Crippen LogP) is 1.89. The van der Waals surface area contributed by atoms with E-state index < -0.39 is 6.17 Å². The van der Waals surface area contributed by atoms with Gasteiger partial charge in [-0.25, -0.2) is 4.39 Å². The SMILES string of the molecule is CC(F)C(C)N1CCC(=C(Cl)CN)C1. The van der Waals surface area contributed by atoms with Crippen LogP contribution >= 0.6 is 11.6 Å². The van der Waals surface area contributed by atoms with Crippen LogP contribution in [0.5, 0.6) is 0 Å². The molecule has 0 spiro atoms. The lowest BCUT2D eigenvalue weighted by Crippen LogP contribution is -2.36. The molecule has 1 saturated heterocycles. The van der Waals surface area contributed by atoms with Crippen LogP contribution in [0, 0.1) is 0 Å². The number of hydrogen-bond acceptors (Lipinski definition) is 2. The lowest BCUT2D eigenvalue weighted by atomic mass is 10.2. The van der Waals surface area contributed by atoms with Gasteiger partial charge in [0.1, 0.15) is 6.17 Å². The van der Waals surface area contributed by atoms with Crippen LogP contribution in [0.2, 0.25) is 0 Å². The van der Waals surface area contributed by atoms with Crippen LogP contribution in [0.25, 0.3) is 0 Å². The minimum absolute atomic E-state index is 0.0326. The molecule has 1 rings (SSSR count). The summed E-state index contributed by atoms with van der Waals surface area (Å²) < 4.78 is 13.0. The van der Waals surface area contributed by atoms with E-state index >= 15 is 0 Å². The van der Waals surface area contributed by atoms with Crippen LogP contribution in [0.15, 0.2) is 10.6 Å². The molecule has 0 amide bonds. The molecular formula is C10H18ClFN2. The summed E-state index contributed by atoms with van der Waals surface area (Å²) in [4.78, 5) is 2.11. The van der Waals surface area contributed by atoms with Gasteiger partial charge in [0.15, 0.2) is 0 Å². The van der Waals surface area contributed by atoms with Gasteiger partial charge in [-0.05, 0) is 25.8 Å². The zero-order valence-electron chi connectivity index (χ0n) is 8.76. The zero-order valence-corrected chi connectivity index (χ0v) is 9.52. The largest absolute Gasteiger partial charge is 0.326 e. The predicted molar refractivity (Wildman–Crippen MR) is 58.2 cm³/mol. The highest BCUT2D eigenvalue weighted by Crippen LogP contribution is 2.23. The number of nitrogens with two attached hydrogens (primary N) is 1. The fourth-order valence-corrected chi connectivity index (χ4v) is 1.84. The summed E-state index contributed by atoms with van der Waals surface area (Å²) in [5.74, 6) is 0. The number of nitrogens with zero attached hydrogens (tertiary/aromatic N) is 1. The van der Waals surface area contributed by atoms with Gasteiger partial charge in [0.2, 0.25) is 0 Å². The molecule has 4 heteroatoms. The van der Waals surface area contributed by atoms with E-state index in [2.05, 4.69) is 4.90 Å². The van der Waals surface area contributed by atoms with Gasteiger partial charge in [-0.3, -0.25) is 4.90 Å². The Bertz CT molecular complexity index is 228. The van der Waals surface area contributed by atoms with E-state index in [1.807, 2.05) is 6.92 Å². The minimum atomic E-state index is -0.800. The molecule has 1 aliphatic rings. The number of likely N-dealkylation sites (tertiary alicyclic amines) is 1. The molecule has 0 aromatic heterocycles. The zero-order chi connectivity index (χ0) is 10.7. The average Bonchev–Trinajstić information content (AvgIpc) is 2.64. The van der Waals surface area contributed by atoms with Crippen molar-refractivity contribution in [2.75, 3.05) is 19.6 Å². The minimum Gasteiger partial charge on any atom is -0.326 e. The molecule has 2 unspecified atom stereocenters. The summed E-state index contributed by atoms with van der Waals surface area (Å²) in [6.45, 7) is 5.55. The molecule has 2 N–H and O–H groups in total.